The van der Waals surface area contributed by atoms with Crippen molar-refractivity contribution in [1.82, 2.24) is 0 Å². The van der Waals surface area contributed by atoms with Crippen molar-refractivity contribution in [3.8, 4) is 0 Å². The molecule has 3 heteroatoms. The van der Waals surface area contributed by atoms with Crippen molar-refractivity contribution >= 4 is 0 Å². The van der Waals surface area contributed by atoms with E-state index in [4.69, 9.17) is 15.6 Å². The summed E-state index contributed by atoms with van der Waals surface area (Å²) >= 11 is 0. The fourth-order valence-corrected chi connectivity index (χ4v) is 3.95. The van der Waals surface area contributed by atoms with Gasteiger partial charge in [0.15, 0.2) is 0 Å². The Hall–Kier alpha value is -0.120. The van der Waals surface area contributed by atoms with Crippen molar-refractivity contribution in [1.29, 1.82) is 0 Å². The molecule has 1 saturated carbocycles. The molecule has 3 atom stereocenters. The van der Waals surface area contributed by atoms with Gasteiger partial charge in [-0.15, -0.1) is 0 Å². The average Bonchev–Trinajstić information content (AvgIpc) is 1.98. The molecule has 3 N–H and O–H groups in total. The Kier molecular flexibility index (Phi) is 2.42. The van der Waals surface area contributed by atoms with Crippen LogP contribution in [0.1, 0.15) is 46.5 Å². The van der Waals surface area contributed by atoms with Gasteiger partial charge in [0.1, 0.15) is 0 Å². The summed E-state index contributed by atoms with van der Waals surface area (Å²) in [7, 11) is 0. The SMILES string of the molecule is CC1(C)O[C@@]2(C)CC[C@@H]1[C@](N)(CCO)C2. The second-order valence-corrected chi connectivity index (χ2v) is 6.13. The fourth-order valence-electron chi connectivity index (χ4n) is 3.95. The zero-order valence-corrected chi connectivity index (χ0v) is 10.0. The average molecular weight is 213 g/mol. The summed E-state index contributed by atoms with van der Waals surface area (Å²) in [6.07, 6.45) is 3.81. The number of nitrogens with two attached hydrogens (primary N) is 1. The van der Waals surface area contributed by atoms with Crippen LogP contribution in [0.5, 0.6) is 0 Å². The van der Waals surface area contributed by atoms with Gasteiger partial charge in [-0.1, -0.05) is 0 Å². The summed E-state index contributed by atoms with van der Waals surface area (Å²) in [6, 6.07) is 0. The maximum atomic E-state index is 9.15. The van der Waals surface area contributed by atoms with Crippen LogP contribution in [0.3, 0.4) is 0 Å². The molecule has 0 aromatic carbocycles. The number of hydrogen-bond acceptors (Lipinski definition) is 3. The van der Waals surface area contributed by atoms with Gasteiger partial charge in [0, 0.05) is 18.1 Å². The summed E-state index contributed by atoms with van der Waals surface area (Å²) in [6.45, 7) is 6.60. The Morgan fingerprint density at radius 2 is 2.07 bits per heavy atom. The Balaban J connectivity index is 2.30. The van der Waals surface area contributed by atoms with E-state index in [0.29, 0.717) is 12.3 Å². The molecule has 2 saturated heterocycles. The quantitative estimate of drug-likeness (QED) is 0.729. The molecule has 1 aliphatic carbocycles. The maximum absolute atomic E-state index is 9.15. The number of aliphatic hydroxyl groups is 1. The molecule has 0 aromatic heterocycles. The number of aliphatic hydroxyl groups excluding tert-OH is 1. The van der Waals surface area contributed by atoms with Crippen LogP contribution in [0.2, 0.25) is 0 Å². The van der Waals surface area contributed by atoms with E-state index in [2.05, 4.69) is 20.8 Å². The molecule has 3 rings (SSSR count). The minimum Gasteiger partial charge on any atom is -0.396 e. The summed E-state index contributed by atoms with van der Waals surface area (Å²) in [5, 5.41) is 9.15. The van der Waals surface area contributed by atoms with Crippen molar-refractivity contribution in [3.63, 3.8) is 0 Å². The van der Waals surface area contributed by atoms with E-state index < -0.39 is 0 Å². The third-order valence-electron chi connectivity index (χ3n) is 4.28. The third-order valence-corrected chi connectivity index (χ3v) is 4.28. The smallest absolute Gasteiger partial charge is 0.0679 e. The van der Waals surface area contributed by atoms with E-state index >= 15 is 0 Å². The second-order valence-electron chi connectivity index (χ2n) is 6.13. The van der Waals surface area contributed by atoms with Crippen molar-refractivity contribution in [2.45, 2.75) is 63.2 Å². The first-order valence-corrected chi connectivity index (χ1v) is 5.91. The van der Waals surface area contributed by atoms with Crippen LogP contribution in [-0.4, -0.2) is 28.5 Å². The molecule has 0 unspecified atom stereocenters. The molecule has 0 spiro atoms. The minimum atomic E-state index is -0.233. The largest absolute Gasteiger partial charge is 0.396 e. The molecule has 88 valence electrons. The molecular formula is C12H23NO2. The lowest BCUT2D eigenvalue weighted by Crippen LogP contribution is -2.69. The van der Waals surface area contributed by atoms with Gasteiger partial charge in [-0.2, -0.15) is 0 Å². The summed E-state index contributed by atoms with van der Waals surface area (Å²) < 4.78 is 6.14. The number of fused-ring (bicyclic) bond motifs is 3. The second kappa shape index (κ2) is 3.19. The van der Waals surface area contributed by atoms with Crippen LogP contribution >= 0.6 is 0 Å². The van der Waals surface area contributed by atoms with Crippen molar-refractivity contribution < 1.29 is 9.84 Å². The Morgan fingerprint density at radius 3 is 2.53 bits per heavy atom. The van der Waals surface area contributed by atoms with E-state index in [0.717, 1.165) is 19.3 Å². The lowest BCUT2D eigenvalue weighted by Gasteiger charge is -2.62. The minimum absolute atomic E-state index is 0.0812. The highest BCUT2D eigenvalue weighted by Gasteiger charge is 2.58. The van der Waals surface area contributed by atoms with Gasteiger partial charge >= 0.3 is 0 Å². The fraction of sp³-hybridized carbons (Fsp3) is 1.00. The number of hydrogen-bond donors (Lipinski definition) is 2. The van der Waals surface area contributed by atoms with Crippen LogP contribution < -0.4 is 5.73 Å². The van der Waals surface area contributed by atoms with Crippen molar-refractivity contribution in [2.75, 3.05) is 6.61 Å². The predicted octanol–water partition coefficient (Wildman–Crippen LogP) is 1.43. The molecule has 0 amide bonds. The Morgan fingerprint density at radius 1 is 1.40 bits per heavy atom. The van der Waals surface area contributed by atoms with Gasteiger partial charge in [0.2, 0.25) is 0 Å². The van der Waals surface area contributed by atoms with Crippen molar-refractivity contribution in [3.05, 3.63) is 0 Å². The van der Waals surface area contributed by atoms with E-state index in [1.165, 1.54) is 0 Å². The van der Waals surface area contributed by atoms with Crippen LogP contribution in [0.4, 0.5) is 0 Å². The molecule has 15 heavy (non-hydrogen) atoms. The summed E-state index contributed by atoms with van der Waals surface area (Å²) in [4.78, 5) is 0. The van der Waals surface area contributed by atoms with Gasteiger partial charge in [-0.25, -0.2) is 0 Å². The lowest BCUT2D eigenvalue weighted by atomic mass is 9.58. The predicted molar refractivity (Wildman–Crippen MR) is 59.5 cm³/mol. The van der Waals surface area contributed by atoms with E-state index in [9.17, 15) is 0 Å². The van der Waals surface area contributed by atoms with E-state index in [-0.39, 0.29) is 23.3 Å². The third kappa shape index (κ3) is 1.71. The highest BCUT2D eigenvalue weighted by Crippen LogP contribution is 2.54. The summed E-state index contributed by atoms with van der Waals surface area (Å²) in [5.41, 5.74) is 6.02. The molecule has 3 aliphatic rings. The molecule has 2 heterocycles. The molecule has 2 bridgehead atoms. The topological polar surface area (TPSA) is 55.5 Å². The zero-order valence-electron chi connectivity index (χ0n) is 10.0. The molecule has 0 aromatic rings. The first-order valence-electron chi connectivity index (χ1n) is 5.91. The molecule has 3 fully saturated rings. The maximum Gasteiger partial charge on any atom is 0.0679 e. The van der Waals surface area contributed by atoms with Gasteiger partial charge < -0.3 is 15.6 Å². The van der Waals surface area contributed by atoms with Gasteiger partial charge in [-0.05, 0) is 46.5 Å². The van der Waals surface area contributed by atoms with Gasteiger partial charge in [0.25, 0.3) is 0 Å². The first kappa shape index (κ1) is 11.4. The van der Waals surface area contributed by atoms with E-state index in [1.807, 2.05) is 0 Å². The van der Waals surface area contributed by atoms with Crippen LogP contribution in [0, 0.1) is 5.92 Å². The van der Waals surface area contributed by atoms with Crippen LogP contribution in [-0.2, 0) is 4.74 Å². The zero-order chi connectivity index (χ0) is 11.3. The molecule has 2 aliphatic heterocycles. The number of rotatable bonds is 2. The molecular weight excluding hydrogens is 190 g/mol. The number of ether oxygens (including phenoxy) is 1. The molecule has 0 radical (unpaired) electrons. The van der Waals surface area contributed by atoms with Gasteiger partial charge in [-0.3, -0.25) is 0 Å². The first-order chi connectivity index (χ1) is 6.81. The van der Waals surface area contributed by atoms with Crippen molar-refractivity contribution in [2.24, 2.45) is 11.7 Å². The van der Waals surface area contributed by atoms with E-state index in [1.54, 1.807) is 0 Å². The Bertz CT molecular complexity index is 264. The van der Waals surface area contributed by atoms with Gasteiger partial charge in [0.05, 0.1) is 11.2 Å². The highest BCUT2D eigenvalue weighted by molar-refractivity contribution is 5.12. The van der Waals surface area contributed by atoms with Crippen LogP contribution in [0.15, 0.2) is 0 Å². The summed E-state index contributed by atoms with van der Waals surface area (Å²) in [5.74, 6) is 0.374. The standard InChI is InChI=1S/C12H23NO2/c1-10(2)9-4-5-11(3,15-10)8-12(9,13)6-7-14/h9,14H,4-8,13H2,1-3H3/t9-,11-,12-/m0/s1. The Labute approximate surface area is 92.0 Å². The molecule has 3 nitrogen and oxygen atoms in total. The lowest BCUT2D eigenvalue weighted by molar-refractivity contribution is -0.257. The monoisotopic (exact) mass is 213 g/mol. The van der Waals surface area contributed by atoms with Crippen LogP contribution in [0.25, 0.3) is 0 Å². The normalized spacial score (nSPS) is 48.2. The highest BCUT2D eigenvalue weighted by atomic mass is 16.5.